The lowest BCUT2D eigenvalue weighted by atomic mass is 10.3. The Kier molecular flexibility index (Phi) is 3.54. The van der Waals surface area contributed by atoms with Gasteiger partial charge < -0.3 is 5.73 Å². The summed E-state index contributed by atoms with van der Waals surface area (Å²) in [7, 11) is -3.63. The van der Waals surface area contributed by atoms with Gasteiger partial charge in [-0.05, 0) is 24.3 Å². The lowest BCUT2D eigenvalue weighted by Crippen LogP contribution is -2.24. The molecule has 0 saturated carbocycles. The predicted octanol–water partition coefficient (Wildman–Crippen LogP) is 0.537. The number of benzene rings is 1. The average Bonchev–Trinajstić information content (AvgIpc) is 2.38. The van der Waals surface area contributed by atoms with Crippen molar-refractivity contribution >= 4 is 15.7 Å². The van der Waals surface area contributed by atoms with Crippen molar-refractivity contribution in [3.63, 3.8) is 0 Å². The van der Waals surface area contributed by atoms with Crippen LogP contribution in [0.15, 0.2) is 47.5 Å². The highest BCUT2D eigenvalue weighted by molar-refractivity contribution is 7.89. The number of nitrogens with two attached hydrogens (primary N) is 1. The summed E-state index contributed by atoms with van der Waals surface area (Å²) in [6.45, 7) is 0.0739. The second-order valence-corrected chi connectivity index (χ2v) is 5.31. The molecule has 6 nitrogen and oxygen atoms in total. The molecule has 0 aliphatic heterocycles. The highest BCUT2D eigenvalue weighted by Gasteiger charge is 2.16. The Labute approximate surface area is 105 Å². The molecule has 0 bridgehead atoms. The molecule has 0 saturated heterocycles. The van der Waals surface area contributed by atoms with Crippen molar-refractivity contribution in [3.8, 4) is 0 Å². The third kappa shape index (κ3) is 2.82. The van der Waals surface area contributed by atoms with Gasteiger partial charge in [0.05, 0.1) is 17.9 Å². The molecule has 2 aromatic rings. The first-order chi connectivity index (χ1) is 8.59. The molecule has 1 heterocycles. The summed E-state index contributed by atoms with van der Waals surface area (Å²) in [5, 5.41) is 7.46. The molecule has 7 heteroatoms. The van der Waals surface area contributed by atoms with E-state index in [2.05, 4.69) is 14.9 Å². The zero-order valence-electron chi connectivity index (χ0n) is 9.45. The molecule has 2 rings (SSSR count). The van der Waals surface area contributed by atoms with E-state index >= 15 is 0 Å². The second-order valence-electron chi connectivity index (χ2n) is 3.58. The van der Waals surface area contributed by atoms with E-state index in [1.807, 2.05) is 0 Å². The summed E-state index contributed by atoms with van der Waals surface area (Å²) >= 11 is 0. The number of rotatable bonds is 4. The van der Waals surface area contributed by atoms with Crippen LogP contribution in [0.4, 0.5) is 5.69 Å². The summed E-state index contributed by atoms with van der Waals surface area (Å²) in [6.07, 6.45) is 1.52. The van der Waals surface area contributed by atoms with Gasteiger partial charge in [0, 0.05) is 6.20 Å². The Balaban J connectivity index is 2.16. The minimum Gasteiger partial charge on any atom is -0.398 e. The summed E-state index contributed by atoms with van der Waals surface area (Å²) in [4.78, 5) is 0.0638. The number of hydrogen-bond donors (Lipinski definition) is 2. The molecule has 3 N–H and O–H groups in total. The van der Waals surface area contributed by atoms with E-state index in [4.69, 9.17) is 5.73 Å². The molecular weight excluding hydrogens is 252 g/mol. The maximum absolute atomic E-state index is 12.0. The van der Waals surface area contributed by atoms with Crippen LogP contribution in [0, 0.1) is 0 Å². The van der Waals surface area contributed by atoms with Gasteiger partial charge in [-0.3, -0.25) is 0 Å². The third-order valence-electron chi connectivity index (χ3n) is 2.28. The zero-order chi connectivity index (χ0) is 13.0. The Hall–Kier alpha value is -1.99. The predicted molar refractivity (Wildman–Crippen MR) is 66.9 cm³/mol. The monoisotopic (exact) mass is 264 g/mol. The molecule has 0 spiro atoms. The van der Waals surface area contributed by atoms with Gasteiger partial charge in [-0.25, -0.2) is 13.1 Å². The van der Waals surface area contributed by atoms with Crippen LogP contribution in [0.25, 0.3) is 0 Å². The summed E-state index contributed by atoms with van der Waals surface area (Å²) in [6, 6.07) is 9.66. The van der Waals surface area contributed by atoms with Gasteiger partial charge in [-0.1, -0.05) is 12.1 Å². The normalized spacial score (nSPS) is 11.3. The van der Waals surface area contributed by atoms with Crippen LogP contribution in [-0.4, -0.2) is 18.6 Å². The fraction of sp³-hybridized carbons (Fsp3) is 0.0909. The van der Waals surface area contributed by atoms with Crippen LogP contribution in [0.5, 0.6) is 0 Å². The second kappa shape index (κ2) is 5.11. The van der Waals surface area contributed by atoms with Crippen LogP contribution in [0.2, 0.25) is 0 Å². The first-order valence-electron chi connectivity index (χ1n) is 5.20. The van der Waals surface area contributed by atoms with E-state index in [0.29, 0.717) is 5.69 Å². The van der Waals surface area contributed by atoms with E-state index in [0.717, 1.165) is 0 Å². The van der Waals surface area contributed by atoms with Gasteiger partial charge in [-0.15, -0.1) is 0 Å². The van der Waals surface area contributed by atoms with Crippen molar-refractivity contribution in [2.24, 2.45) is 0 Å². The molecule has 0 fully saturated rings. The number of hydrogen-bond acceptors (Lipinski definition) is 5. The summed E-state index contributed by atoms with van der Waals surface area (Å²) in [5.74, 6) is 0. The number of sulfonamides is 1. The maximum Gasteiger partial charge on any atom is 0.242 e. The molecule has 1 aromatic carbocycles. The molecule has 1 aromatic heterocycles. The SMILES string of the molecule is Nc1ccccc1S(=O)(=O)NCc1cccnn1. The molecule has 0 radical (unpaired) electrons. The van der Waals surface area contributed by atoms with Crippen LogP contribution >= 0.6 is 0 Å². The molecule has 0 atom stereocenters. The first kappa shape index (κ1) is 12.5. The van der Waals surface area contributed by atoms with Crippen LogP contribution in [0.1, 0.15) is 5.69 Å². The van der Waals surface area contributed by atoms with Crippen LogP contribution < -0.4 is 10.5 Å². The Morgan fingerprint density at radius 3 is 2.61 bits per heavy atom. The number of nitrogens with one attached hydrogen (secondary N) is 1. The molecule has 0 unspecified atom stereocenters. The fourth-order valence-corrected chi connectivity index (χ4v) is 2.53. The summed E-state index contributed by atoms with van der Waals surface area (Å²) < 4.78 is 26.4. The van der Waals surface area contributed by atoms with E-state index in [-0.39, 0.29) is 17.1 Å². The Morgan fingerprint density at radius 2 is 1.94 bits per heavy atom. The van der Waals surface area contributed by atoms with Crippen molar-refractivity contribution in [2.45, 2.75) is 11.4 Å². The third-order valence-corrected chi connectivity index (χ3v) is 3.75. The van der Waals surface area contributed by atoms with E-state index < -0.39 is 10.0 Å². The highest BCUT2D eigenvalue weighted by atomic mass is 32.2. The molecule has 0 aliphatic carbocycles. The lowest BCUT2D eigenvalue weighted by Gasteiger charge is -2.08. The van der Waals surface area contributed by atoms with Crippen molar-refractivity contribution < 1.29 is 8.42 Å². The van der Waals surface area contributed by atoms with Crippen LogP contribution in [0.3, 0.4) is 0 Å². The lowest BCUT2D eigenvalue weighted by molar-refractivity contribution is 0.580. The largest absolute Gasteiger partial charge is 0.398 e. The van der Waals surface area contributed by atoms with Crippen molar-refractivity contribution in [2.75, 3.05) is 5.73 Å². The number of anilines is 1. The number of nitrogens with zero attached hydrogens (tertiary/aromatic N) is 2. The van der Waals surface area contributed by atoms with E-state index in [1.54, 1.807) is 24.3 Å². The van der Waals surface area contributed by atoms with Crippen molar-refractivity contribution in [3.05, 3.63) is 48.3 Å². The smallest absolute Gasteiger partial charge is 0.242 e. The van der Waals surface area contributed by atoms with E-state index in [1.165, 1.54) is 18.3 Å². The zero-order valence-corrected chi connectivity index (χ0v) is 10.3. The Bertz CT molecular complexity index is 629. The number of para-hydroxylation sites is 1. The molecule has 0 aliphatic rings. The van der Waals surface area contributed by atoms with Crippen molar-refractivity contribution in [1.29, 1.82) is 0 Å². The molecule has 18 heavy (non-hydrogen) atoms. The van der Waals surface area contributed by atoms with E-state index in [9.17, 15) is 8.42 Å². The standard InChI is InChI=1S/C11H12N4O2S/c12-10-5-1-2-6-11(10)18(16,17)14-8-9-4-3-7-13-15-9/h1-7,14H,8,12H2. The van der Waals surface area contributed by atoms with Gasteiger partial charge in [0.25, 0.3) is 0 Å². The quantitative estimate of drug-likeness (QED) is 0.785. The van der Waals surface area contributed by atoms with Gasteiger partial charge in [-0.2, -0.15) is 10.2 Å². The Morgan fingerprint density at radius 1 is 1.17 bits per heavy atom. The topological polar surface area (TPSA) is 98.0 Å². The van der Waals surface area contributed by atoms with Gasteiger partial charge in [0.15, 0.2) is 0 Å². The highest BCUT2D eigenvalue weighted by Crippen LogP contribution is 2.16. The fourth-order valence-electron chi connectivity index (χ4n) is 1.40. The molecule has 0 amide bonds. The molecular formula is C11H12N4O2S. The van der Waals surface area contributed by atoms with Crippen molar-refractivity contribution in [1.82, 2.24) is 14.9 Å². The van der Waals surface area contributed by atoms with Gasteiger partial charge in [0.1, 0.15) is 4.90 Å². The summed E-state index contributed by atoms with van der Waals surface area (Å²) in [5.41, 5.74) is 6.38. The first-order valence-corrected chi connectivity index (χ1v) is 6.69. The minimum atomic E-state index is -3.63. The minimum absolute atomic E-state index is 0.0638. The van der Waals surface area contributed by atoms with Gasteiger partial charge in [0.2, 0.25) is 10.0 Å². The van der Waals surface area contributed by atoms with Crippen LogP contribution in [-0.2, 0) is 16.6 Å². The average molecular weight is 264 g/mol. The van der Waals surface area contributed by atoms with Gasteiger partial charge >= 0.3 is 0 Å². The maximum atomic E-state index is 12.0. The molecule has 94 valence electrons. The number of nitrogen functional groups attached to an aromatic ring is 1. The number of aromatic nitrogens is 2.